The van der Waals surface area contributed by atoms with Crippen molar-refractivity contribution < 1.29 is 14.3 Å². The minimum Gasteiger partial charge on any atom is -0.497 e. The predicted molar refractivity (Wildman–Crippen MR) is 121 cm³/mol. The summed E-state index contributed by atoms with van der Waals surface area (Å²) in [6.07, 6.45) is 3.02. The van der Waals surface area contributed by atoms with Crippen LogP contribution in [0.5, 0.6) is 5.75 Å². The number of nitrogens with one attached hydrogen (secondary N) is 1. The van der Waals surface area contributed by atoms with Gasteiger partial charge in [0.2, 0.25) is 0 Å². The number of benzene rings is 2. The minimum atomic E-state index is -0.159. The summed E-state index contributed by atoms with van der Waals surface area (Å²) in [5.41, 5.74) is 2.25. The normalized spacial score (nSPS) is 22.4. The lowest BCUT2D eigenvalue weighted by molar-refractivity contribution is -0.112. The van der Waals surface area contributed by atoms with Crippen molar-refractivity contribution in [3.63, 3.8) is 0 Å². The van der Waals surface area contributed by atoms with Crippen LogP contribution in [-0.2, 0) is 4.79 Å². The van der Waals surface area contributed by atoms with E-state index >= 15 is 0 Å². The van der Waals surface area contributed by atoms with Crippen LogP contribution in [0, 0.1) is 11.8 Å². The maximum Gasteiger partial charge on any atom is 0.262 e. The van der Waals surface area contributed by atoms with Gasteiger partial charge in [0.15, 0.2) is 0 Å². The zero-order valence-corrected chi connectivity index (χ0v) is 18.3. The van der Waals surface area contributed by atoms with Gasteiger partial charge in [-0.15, -0.1) is 0 Å². The lowest BCUT2D eigenvalue weighted by atomic mass is 9.91. The second-order valence-electron chi connectivity index (χ2n) is 8.21. The molecule has 2 aliphatic rings. The molecule has 0 unspecified atom stereocenters. The third-order valence-corrected chi connectivity index (χ3v) is 6.59. The zero-order valence-electron chi connectivity index (χ0n) is 17.5. The van der Waals surface area contributed by atoms with Gasteiger partial charge in [0.25, 0.3) is 11.8 Å². The van der Waals surface area contributed by atoms with Crippen LogP contribution in [0.15, 0.2) is 52.3 Å². The molecule has 2 heterocycles. The fraction of sp³-hybridized carbons (Fsp3) is 0.333. The second kappa shape index (κ2) is 8.56. The molecule has 5 nitrogen and oxygen atoms in total. The first-order valence-electron chi connectivity index (χ1n) is 10.2. The van der Waals surface area contributed by atoms with Crippen molar-refractivity contribution in [3.05, 3.63) is 58.5 Å². The maximum absolute atomic E-state index is 13.0. The molecule has 4 rings (SSSR count). The van der Waals surface area contributed by atoms with E-state index in [1.807, 2.05) is 47.4 Å². The minimum absolute atomic E-state index is 0.0371. The molecule has 2 atom stereocenters. The summed E-state index contributed by atoms with van der Waals surface area (Å²) in [7, 11) is 1.63. The molecule has 1 N–H and O–H groups in total. The number of amides is 2. The van der Waals surface area contributed by atoms with E-state index in [1.54, 1.807) is 13.2 Å². The molecule has 0 aliphatic carbocycles. The Morgan fingerprint density at radius 3 is 2.50 bits per heavy atom. The number of rotatable bonds is 3. The summed E-state index contributed by atoms with van der Waals surface area (Å²) < 4.78 is 5.18. The fourth-order valence-corrected chi connectivity index (χ4v) is 5.09. The quantitative estimate of drug-likeness (QED) is 0.715. The van der Waals surface area contributed by atoms with Crippen molar-refractivity contribution in [2.75, 3.05) is 25.5 Å². The Morgan fingerprint density at radius 2 is 1.83 bits per heavy atom. The van der Waals surface area contributed by atoms with Crippen molar-refractivity contribution in [2.45, 2.75) is 25.2 Å². The molecule has 1 saturated heterocycles. The van der Waals surface area contributed by atoms with Gasteiger partial charge in [0.1, 0.15) is 5.75 Å². The van der Waals surface area contributed by atoms with Gasteiger partial charge in [-0.2, -0.15) is 0 Å². The largest absolute Gasteiger partial charge is 0.497 e. The highest BCUT2D eigenvalue weighted by molar-refractivity contribution is 8.04. The van der Waals surface area contributed by atoms with Crippen molar-refractivity contribution in [3.8, 4) is 5.75 Å². The number of anilines is 1. The van der Waals surface area contributed by atoms with Crippen LogP contribution >= 0.6 is 11.8 Å². The number of fused-ring (bicyclic) bond motifs is 1. The second-order valence-corrected chi connectivity index (χ2v) is 9.29. The number of thioether (sulfide) groups is 1. The van der Waals surface area contributed by atoms with Crippen LogP contribution < -0.4 is 10.1 Å². The van der Waals surface area contributed by atoms with Gasteiger partial charge in [0.05, 0.1) is 17.7 Å². The lowest BCUT2D eigenvalue weighted by Crippen LogP contribution is -2.42. The molecule has 2 aromatic carbocycles. The molecule has 156 valence electrons. The number of carbonyl (C=O) groups excluding carboxylic acids is 2. The van der Waals surface area contributed by atoms with E-state index in [1.165, 1.54) is 11.8 Å². The van der Waals surface area contributed by atoms with Crippen LogP contribution in [-0.4, -0.2) is 36.9 Å². The highest BCUT2D eigenvalue weighted by Crippen LogP contribution is 2.39. The molecule has 30 heavy (non-hydrogen) atoms. The van der Waals surface area contributed by atoms with Gasteiger partial charge in [-0.3, -0.25) is 9.59 Å². The van der Waals surface area contributed by atoms with E-state index in [0.29, 0.717) is 28.0 Å². The highest BCUT2D eigenvalue weighted by atomic mass is 32.2. The summed E-state index contributed by atoms with van der Waals surface area (Å²) in [4.78, 5) is 29.1. The summed E-state index contributed by atoms with van der Waals surface area (Å²) in [6, 6.07) is 13.1. The van der Waals surface area contributed by atoms with Gasteiger partial charge in [-0.05, 0) is 60.2 Å². The van der Waals surface area contributed by atoms with Gasteiger partial charge in [0, 0.05) is 23.5 Å². The fourth-order valence-electron chi connectivity index (χ4n) is 4.16. The van der Waals surface area contributed by atoms with Gasteiger partial charge >= 0.3 is 0 Å². The Hall–Kier alpha value is -2.73. The summed E-state index contributed by atoms with van der Waals surface area (Å²) in [6.45, 7) is 5.96. The van der Waals surface area contributed by atoms with Crippen LogP contribution in [0.25, 0.3) is 6.08 Å². The number of piperidine rings is 1. The van der Waals surface area contributed by atoms with Crippen molar-refractivity contribution in [1.29, 1.82) is 0 Å². The van der Waals surface area contributed by atoms with Crippen molar-refractivity contribution in [1.82, 2.24) is 4.90 Å². The number of hydrogen-bond acceptors (Lipinski definition) is 4. The molecule has 0 radical (unpaired) electrons. The van der Waals surface area contributed by atoms with Crippen molar-refractivity contribution >= 4 is 35.3 Å². The highest BCUT2D eigenvalue weighted by Gasteiger charge is 2.28. The van der Waals surface area contributed by atoms with E-state index in [-0.39, 0.29) is 11.8 Å². The summed E-state index contributed by atoms with van der Waals surface area (Å²) >= 11 is 1.42. The molecule has 1 fully saturated rings. The molecule has 0 saturated carbocycles. The van der Waals surface area contributed by atoms with E-state index < -0.39 is 0 Å². The van der Waals surface area contributed by atoms with Crippen LogP contribution in [0.3, 0.4) is 0 Å². The Bertz CT molecular complexity index is 990. The number of hydrogen-bond donors (Lipinski definition) is 1. The first-order chi connectivity index (χ1) is 14.4. The smallest absolute Gasteiger partial charge is 0.262 e. The molecule has 2 aromatic rings. The first-order valence-corrected chi connectivity index (χ1v) is 11.0. The van der Waals surface area contributed by atoms with E-state index in [0.717, 1.165) is 35.7 Å². The van der Waals surface area contributed by atoms with Gasteiger partial charge in [-0.1, -0.05) is 37.7 Å². The van der Waals surface area contributed by atoms with E-state index in [4.69, 9.17) is 4.74 Å². The Labute approximate surface area is 181 Å². The molecule has 2 amide bonds. The number of nitrogens with zero attached hydrogens (tertiary/aromatic N) is 1. The number of methoxy groups -OCH3 is 1. The molecule has 0 spiro atoms. The van der Waals surface area contributed by atoms with Gasteiger partial charge in [-0.25, -0.2) is 0 Å². The molecular weight excluding hydrogens is 396 g/mol. The molecule has 2 aliphatic heterocycles. The monoisotopic (exact) mass is 422 g/mol. The molecular formula is C24H26N2O3S. The number of likely N-dealkylation sites (tertiary alicyclic amines) is 1. The number of ether oxygens (including phenoxy) is 1. The van der Waals surface area contributed by atoms with Crippen LogP contribution in [0.4, 0.5) is 5.69 Å². The standard InChI is InChI=1S/C24H26N2O3S/c1-15-10-16(2)14-26(13-15)24(28)18-6-9-21-20(12-18)25-23(27)22(30-21)11-17-4-7-19(29-3)8-5-17/h4-9,11-12,15-16H,10,13-14H2,1-3H3,(H,25,27)/b22-11+/t15-,16-/m0/s1. The topological polar surface area (TPSA) is 58.6 Å². The van der Waals surface area contributed by atoms with E-state index in [2.05, 4.69) is 19.2 Å². The molecule has 6 heteroatoms. The SMILES string of the molecule is COc1ccc(/C=C2/Sc3ccc(C(=O)N4C[C@@H](C)C[C@H](C)C4)cc3NC2=O)cc1. The average Bonchev–Trinajstić information content (AvgIpc) is 2.73. The Balaban J connectivity index is 1.53. The Kier molecular flexibility index (Phi) is 5.86. The lowest BCUT2D eigenvalue weighted by Gasteiger charge is -2.35. The Morgan fingerprint density at radius 1 is 1.13 bits per heavy atom. The van der Waals surface area contributed by atoms with Crippen LogP contribution in [0.2, 0.25) is 0 Å². The van der Waals surface area contributed by atoms with Crippen LogP contribution in [0.1, 0.15) is 36.2 Å². The average molecular weight is 423 g/mol. The molecule has 0 aromatic heterocycles. The first kappa shape index (κ1) is 20.5. The predicted octanol–water partition coefficient (Wildman–Crippen LogP) is 4.90. The third kappa shape index (κ3) is 4.38. The third-order valence-electron chi connectivity index (χ3n) is 5.49. The number of carbonyl (C=O) groups is 2. The zero-order chi connectivity index (χ0) is 21.3. The maximum atomic E-state index is 13.0. The van der Waals surface area contributed by atoms with E-state index in [9.17, 15) is 9.59 Å². The van der Waals surface area contributed by atoms with Crippen molar-refractivity contribution in [2.24, 2.45) is 11.8 Å². The summed E-state index contributed by atoms with van der Waals surface area (Å²) in [5, 5.41) is 2.95. The van der Waals surface area contributed by atoms with Gasteiger partial charge < -0.3 is 15.0 Å². The molecule has 0 bridgehead atoms. The summed E-state index contributed by atoms with van der Waals surface area (Å²) in [5.74, 6) is 1.67.